The molecule has 1 heterocycles. The lowest BCUT2D eigenvalue weighted by Crippen LogP contribution is -2.30. The van der Waals surface area contributed by atoms with Gasteiger partial charge in [-0.15, -0.1) is 0 Å². The van der Waals surface area contributed by atoms with E-state index < -0.39 is 0 Å². The average molecular weight is 323 g/mol. The van der Waals surface area contributed by atoms with Gasteiger partial charge in [0, 0.05) is 22.3 Å². The van der Waals surface area contributed by atoms with Crippen molar-refractivity contribution in [3.05, 3.63) is 52.4 Å². The summed E-state index contributed by atoms with van der Waals surface area (Å²) in [5, 5.41) is 0. The van der Waals surface area contributed by atoms with Crippen LogP contribution in [-0.2, 0) is 6.54 Å². The van der Waals surface area contributed by atoms with E-state index in [4.69, 9.17) is 10.2 Å². The van der Waals surface area contributed by atoms with Crippen LogP contribution in [0.4, 0.5) is 5.69 Å². The highest BCUT2D eigenvalue weighted by atomic mass is 79.9. The van der Waals surface area contributed by atoms with Gasteiger partial charge in [0.05, 0.1) is 12.8 Å². The fraction of sp³-hybridized carbons (Fsp3) is 0.214. The molecule has 0 radical (unpaired) electrons. The molecule has 1 aromatic heterocycles. The van der Waals surface area contributed by atoms with E-state index in [0.717, 1.165) is 10.2 Å². The summed E-state index contributed by atoms with van der Waals surface area (Å²) < 4.78 is 6.06. The number of anilines is 1. The number of amides is 1. The van der Waals surface area contributed by atoms with Crippen molar-refractivity contribution in [3.8, 4) is 0 Å². The number of hydrogen-bond donors (Lipinski definition) is 1. The van der Waals surface area contributed by atoms with Crippen molar-refractivity contribution in [1.29, 1.82) is 0 Å². The van der Waals surface area contributed by atoms with Gasteiger partial charge in [-0.3, -0.25) is 4.79 Å². The molecule has 1 aromatic carbocycles. The third-order valence-corrected chi connectivity index (χ3v) is 3.56. The highest BCUT2D eigenvalue weighted by Crippen LogP contribution is 2.21. The first kappa shape index (κ1) is 13.7. The molecule has 19 heavy (non-hydrogen) atoms. The van der Waals surface area contributed by atoms with E-state index in [2.05, 4.69) is 15.9 Å². The minimum absolute atomic E-state index is 0.0573. The molecule has 0 atom stereocenters. The minimum Gasteiger partial charge on any atom is -0.467 e. The first-order valence-electron chi connectivity index (χ1n) is 5.98. The average Bonchev–Trinajstić information content (AvgIpc) is 2.91. The van der Waals surface area contributed by atoms with Crippen molar-refractivity contribution < 1.29 is 9.21 Å². The maximum absolute atomic E-state index is 12.4. The zero-order chi connectivity index (χ0) is 13.8. The van der Waals surface area contributed by atoms with Crippen LogP contribution in [0, 0.1) is 0 Å². The van der Waals surface area contributed by atoms with Gasteiger partial charge in [0.25, 0.3) is 5.91 Å². The lowest BCUT2D eigenvalue weighted by molar-refractivity contribution is 0.0741. The Hall–Kier alpha value is -1.75. The standard InChI is InChI=1S/C14H15BrN2O2/c1-2-17(9-11-4-3-7-19-11)14(18)10-5-6-12(15)13(16)8-10/h3-8H,2,9,16H2,1H3. The molecule has 0 bridgehead atoms. The molecule has 0 aliphatic carbocycles. The largest absolute Gasteiger partial charge is 0.467 e. The summed E-state index contributed by atoms with van der Waals surface area (Å²) in [6.07, 6.45) is 1.60. The van der Waals surface area contributed by atoms with E-state index in [1.165, 1.54) is 0 Å². The van der Waals surface area contributed by atoms with Crippen molar-refractivity contribution in [1.82, 2.24) is 4.90 Å². The number of halogens is 1. The lowest BCUT2D eigenvalue weighted by atomic mass is 10.1. The van der Waals surface area contributed by atoms with E-state index in [0.29, 0.717) is 24.3 Å². The number of carbonyl (C=O) groups is 1. The van der Waals surface area contributed by atoms with Crippen molar-refractivity contribution >= 4 is 27.5 Å². The number of benzene rings is 1. The third-order valence-electron chi connectivity index (χ3n) is 2.84. The quantitative estimate of drug-likeness (QED) is 0.879. The Morgan fingerprint density at radius 2 is 2.21 bits per heavy atom. The van der Waals surface area contributed by atoms with Crippen LogP contribution < -0.4 is 5.73 Å². The molecule has 4 nitrogen and oxygen atoms in total. The predicted octanol–water partition coefficient (Wildman–Crippen LogP) is 3.29. The van der Waals surface area contributed by atoms with Crippen molar-refractivity contribution in [2.24, 2.45) is 0 Å². The zero-order valence-corrected chi connectivity index (χ0v) is 12.2. The molecule has 0 saturated carbocycles. The molecular formula is C14H15BrN2O2. The molecule has 0 spiro atoms. The highest BCUT2D eigenvalue weighted by Gasteiger charge is 2.16. The van der Waals surface area contributed by atoms with Gasteiger partial charge in [-0.1, -0.05) is 0 Å². The van der Waals surface area contributed by atoms with E-state index in [9.17, 15) is 4.79 Å². The van der Waals surface area contributed by atoms with Crippen LogP contribution in [0.25, 0.3) is 0 Å². The number of nitrogens with two attached hydrogens (primary N) is 1. The van der Waals surface area contributed by atoms with Gasteiger partial charge in [0.15, 0.2) is 0 Å². The van der Waals surface area contributed by atoms with Crippen LogP contribution >= 0.6 is 15.9 Å². The molecule has 0 aliphatic rings. The summed E-state index contributed by atoms with van der Waals surface area (Å²) >= 11 is 3.32. The molecule has 1 amide bonds. The minimum atomic E-state index is -0.0573. The number of furan rings is 1. The second-order valence-corrected chi connectivity index (χ2v) is 4.99. The number of carbonyl (C=O) groups excluding carboxylic acids is 1. The molecule has 5 heteroatoms. The summed E-state index contributed by atoms with van der Waals surface area (Å²) in [5.41, 5.74) is 6.93. The highest BCUT2D eigenvalue weighted by molar-refractivity contribution is 9.10. The molecule has 2 rings (SSSR count). The van der Waals surface area contributed by atoms with Crippen LogP contribution in [0.1, 0.15) is 23.0 Å². The maximum atomic E-state index is 12.4. The van der Waals surface area contributed by atoms with Crippen LogP contribution in [-0.4, -0.2) is 17.4 Å². The number of rotatable bonds is 4. The van der Waals surface area contributed by atoms with Crippen LogP contribution in [0.3, 0.4) is 0 Å². The second-order valence-electron chi connectivity index (χ2n) is 4.13. The topological polar surface area (TPSA) is 59.5 Å². The van der Waals surface area contributed by atoms with E-state index in [-0.39, 0.29) is 5.91 Å². The molecule has 2 N–H and O–H groups in total. The Morgan fingerprint density at radius 3 is 2.79 bits per heavy atom. The van der Waals surface area contributed by atoms with Gasteiger partial charge in [-0.2, -0.15) is 0 Å². The molecule has 2 aromatic rings. The number of hydrogen-bond acceptors (Lipinski definition) is 3. The van der Waals surface area contributed by atoms with Gasteiger partial charge in [0.1, 0.15) is 5.76 Å². The summed E-state index contributed by atoms with van der Waals surface area (Å²) in [5.74, 6) is 0.707. The van der Waals surface area contributed by atoms with Gasteiger partial charge in [-0.05, 0) is 53.2 Å². The zero-order valence-electron chi connectivity index (χ0n) is 10.6. The molecule has 0 aliphatic heterocycles. The second kappa shape index (κ2) is 5.93. The van der Waals surface area contributed by atoms with Gasteiger partial charge in [0.2, 0.25) is 0 Å². The Balaban J connectivity index is 2.18. The van der Waals surface area contributed by atoms with Crippen molar-refractivity contribution in [2.45, 2.75) is 13.5 Å². The van der Waals surface area contributed by atoms with Crippen molar-refractivity contribution in [3.63, 3.8) is 0 Å². The smallest absolute Gasteiger partial charge is 0.254 e. The SMILES string of the molecule is CCN(Cc1ccco1)C(=O)c1ccc(Br)c(N)c1. The molecule has 0 fully saturated rings. The summed E-state index contributed by atoms with van der Waals surface area (Å²) in [6, 6.07) is 8.88. The Morgan fingerprint density at radius 1 is 1.42 bits per heavy atom. The fourth-order valence-corrected chi connectivity index (χ4v) is 2.02. The molecule has 0 unspecified atom stereocenters. The summed E-state index contributed by atoms with van der Waals surface area (Å²) in [7, 11) is 0. The normalized spacial score (nSPS) is 10.4. The number of nitrogen functional groups attached to an aromatic ring is 1. The van der Waals surface area contributed by atoms with Gasteiger partial charge >= 0.3 is 0 Å². The number of nitrogens with zero attached hydrogens (tertiary/aromatic N) is 1. The monoisotopic (exact) mass is 322 g/mol. The van der Waals surface area contributed by atoms with Crippen LogP contribution in [0.5, 0.6) is 0 Å². The lowest BCUT2D eigenvalue weighted by Gasteiger charge is -2.20. The fourth-order valence-electron chi connectivity index (χ4n) is 1.78. The summed E-state index contributed by atoms with van der Waals surface area (Å²) in [4.78, 5) is 14.1. The maximum Gasteiger partial charge on any atom is 0.254 e. The van der Waals surface area contributed by atoms with Crippen LogP contribution in [0.15, 0.2) is 45.5 Å². The van der Waals surface area contributed by atoms with E-state index >= 15 is 0 Å². The Labute approximate surface area is 120 Å². The molecule has 0 saturated heterocycles. The Bertz CT molecular complexity index is 567. The van der Waals surface area contributed by atoms with E-state index in [1.54, 1.807) is 29.4 Å². The first-order chi connectivity index (χ1) is 9.11. The third kappa shape index (κ3) is 3.17. The molecular weight excluding hydrogens is 308 g/mol. The van der Waals surface area contributed by atoms with Gasteiger partial charge in [-0.25, -0.2) is 0 Å². The Kier molecular flexibility index (Phi) is 4.27. The summed E-state index contributed by atoms with van der Waals surface area (Å²) in [6.45, 7) is 3.00. The van der Waals surface area contributed by atoms with Gasteiger partial charge < -0.3 is 15.1 Å². The van der Waals surface area contributed by atoms with Crippen molar-refractivity contribution in [2.75, 3.05) is 12.3 Å². The van der Waals surface area contributed by atoms with Crippen LogP contribution in [0.2, 0.25) is 0 Å². The first-order valence-corrected chi connectivity index (χ1v) is 6.77. The predicted molar refractivity (Wildman–Crippen MR) is 77.7 cm³/mol. The molecule has 100 valence electrons. The van der Waals surface area contributed by atoms with E-state index in [1.807, 2.05) is 19.1 Å².